The second kappa shape index (κ2) is 11.0. The van der Waals surface area contributed by atoms with Gasteiger partial charge in [0.1, 0.15) is 12.4 Å². The molecule has 1 fully saturated rings. The number of carbonyl (C=O) groups is 3. The van der Waals surface area contributed by atoms with Crippen LogP contribution in [-0.4, -0.2) is 73.5 Å². The highest BCUT2D eigenvalue weighted by atomic mass is 16.5. The van der Waals surface area contributed by atoms with Gasteiger partial charge in [-0.1, -0.05) is 19.8 Å². The maximum absolute atomic E-state index is 13.3. The molecule has 182 valence electrons. The van der Waals surface area contributed by atoms with Crippen LogP contribution >= 0.6 is 0 Å². The quantitative estimate of drug-likeness (QED) is 0.750. The molecule has 3 atom stereocenters. The molecular weight excluding hydrogens is 422 g/mol. The molecule has 1 saturated carbocycles. The molecule has 8 heteroatoms. The highest BCUT2D eigenvalue weighted by Gasteiger charge is 2.29. The molecule has 3 amide bonds. The molecule has 0 spiro atoms. The first-order valence-corrected chi connectivity index (χ1v) is 11.8. The molecule has 0 aromatic heterocycles. The summed E-state index contributed by atoms with van der Waals surface area (Å²) in [6, 6.07) is 4.96. The zero-order valence-electron chi connectivity index (χ0n) is 20.4. The average Bonchev–Trinajstić information content (AvgIpc) is 3.33. The molecule has 3 rings (SSSR count). The van der Waals surface area contributed by atoms with Crippen molar-refractivity contribution in [3.8, 4) is 5.75 Å². The smallest absolute Gasteiger partial charge is 0.257 e. The predicted octanol–water partition coefficient (Wildman–Crippen LogP) is 3.17. The molecular formula is C25H37N3O5. The van der Waals surface area contributed by atoms with Crippen LogP contribution in [0.1, 0.15) is 56.8 Å². The number of anilines is 1. The van der Waals surface area contributed by atoms with Crippen LogP contribution in [0, 0.1) is 11.8 Å². The standard InChI is InChI=1S/C25H37N3O5/c1-16-13-28(18(3)29)17(2)15-33-22-12-20(26-24(30)19-8-6-7-9-19)10-11-21(22)25(31)27(4)14-23(16)32-5/h10-12,16-17,19,23H,6-9,13-15H2,1-5H3,(H,26,30)/t16-,17-,23+/m1/s1. The fourth-order valence-corrected chi connectivity index (χ4v) is 4.72. The summed E-state index contributed by atoms with van der Waals surface area (Å²) in [4.78, 5) is 41.6. The summed E-state index contributed by atoms with van der Waals surface area (Å²) in [7, 11) is 3.36. The van der Waals surface area contributed by atoms with Gasteiger partial charge >= 0.3 is 0 Å². The van der Waals surface area contributed by atoms with Crippen LogP contribution in [-0.2, 0) is 14.3 Å². The van der Waals surface area contributed by atoms with Crippen molar-refractivity contribution in [1.82, 2.24) is 9.80 Å². The average molecular weight is 460 g/mol. The Morgan fingerprint density at radius 2 is 1.85 bits per heavy atom. The van der Waals surface area contributed by atoms with Crippen molar-refractivity contribution in [3.63, 3.8) is 0 Å². The van der Waals surface area contributed by atoms with Gasteiger partial charge in [0, 0.05) is 57.8 Å². The van der Waals surface area contributed by atoms with Crippen LogP contribution in [0.5, 0.6) is 5.75 Å². The van der Waals surface area contributed by atoms with Gasteiger partial charge in [0.15, 0.2) is 0 Å². The van der Waals surface area contributed by atoms with Gasteiger partial charge in [-0.25, -0.2) is 0 Å². The Balaban J connectivity index is 1.90. The van der Waals surface area contributed by atoms with Gasteiger partial charge in [0.25, 0.3) is 5.91 Å². The Bertz CT molecular complexity index is 868. The van der Waals surface area contributed by atoms with Crippen molar-refractivity contribution in [3.05, 3.63) is 23.8 Å². The molecule has 1 N–H and O–H groups in total. The summed E-state index contributed by atoms with van der Waals surface area (Å²) < 4.78 is 11.8. The molecule has 1 aliphatic heterocycles. The molecule has 1 heterocycles. The van der Waals surface area contributed by atoms with Crippen molar-refractivity contribution in [2.45, 2.75) is 58.6 Å². The normalized spacial score (nSPS) is 25.0. The van der Waals surface area contributed by atoms with Crippen LogP contribution in [0.4, 0.5) is 5.69 Å². The first-order chi connectivity index (χ1) is 15.7. The van der Waals surface area contributed by atoms with Gasteiger partial charge < -0.3 is 24.6 Å². The lowest BCUT2D eigenvalue weighted by Crippen LogP contribution is -2.48. The highest BCUT2D eigenvalue weighted by molar-refractivity contribution is 5.98. The van der Waals surface area contributed by atoms with Crippen LogP contribution in [0.15, 0.2) is 18.2 Å². The predicted molar refractivity (Wildman–Crippen MR) is 126 cm³/mol. The third-order valence-corrected chi connectivity index (χ3v) is 6.84. The van der Waals surface area contributed by atoms with Crippen LogP contribution < -0.4 is 10.1 Å². The number of benzene rings is 1. The van der Waals surface area contributed by atoms with Crippen molar-refractivity contribution in [1.29, 1.82) is 0 Å². The minimum absolute atomic E-state index is 0.0112. The number of amides is 3. The Morgan fingerprint density at radius 3 is 2.48 bits per heavy atom. The lowest BCUT2D eigenvalue weighted by Gasteiger charge is -2.35. The van der Waals surface area contributed by atoms with Crippen molar-refractivity contribution in [2.24, 2.45) is 11.8 Å². The fraction of sp³-hybridized carbons (Fsp3) is 0.640. The Labute approximate surface area is 196 Å². The Kier molecular flexibility index (Phi) is 8.35. The number of carbonyl (C=O) groups excluding carboxylic acids is 3. The number of likely N-dealkylation sites (N-methyl/N-ethyl adjacent to an activating group) is 1. The molecule has 8 nitrogen and oxygen atoms in total. The zero-order valence-corrected chi connectivity index (χ0v) is 20.4. The van der Waals surface area contributed by atoms with E-state index in [1.807, 2.05) is 13.8 Å². The van der Waals surface area contributed by atoms with Crippen LogP contribution in [0.25, 0.3) is 0 Å². The van der Waals surface area contributed by atoms with Crippen molar-refractivity contribution in [2.75, 3.05) is 39.2 Å². The van der Waals surface area contributed by atoms with Gasteiger partial charge in [-0.05, 0) is 31.9 Å². The van der Waals surface area contributed by atoms with E-state index < -0.39 is 0 Å². The van der Waals surface area contributed by atoms with Gasteiger partial charge in [-0.15, -0.1) is 0 Å². The summed E-state index contributed by atoms with van der Waals surface area (Å²) in [5.74, 6) is 0.267. The van der Waals surface area contributed by atoms with Gasteiger partial charge in [0.2, 0.25) is 11.8 Å². The summed E-state index contributed by atoms with van der Waals surface area (Å²) in [6.07, 6.45) is 3.76. The SMILES string of the molecule is CO[C@H]1CN(C)C(=O)c2ccc(NC(=O)C3CCCC3)cc2OC[C@@H](C)N(C(C)=O)C[C@H]1C. The van der Waals surface area contributed by atoms with Crippen molar-refractivity contribution < 1.29 is 23.9 Å². The van der Waals surface area contributed by atoms with E-state index in [0.29, 0.717) is 30.1 Å². The molecule has 1 aromatic rings. The van der Waals surface area contributed by atoms with E-state index in [2.05, 4.69) is 5.32 Å². The summed E-state index contributed by atoms with van der Waals surface area (Å²) >= 11 is 0. The van der Waals surface area contributed by atoms with E-state index in [4.69, 9.17) is 9.47 Å². The largest absolute Gasteiger partial charge is 0.491 e. The zero-order chi connectivity index (χ0) is 24.1. The first-order valence-electron chi connectivity index (χ1n) is 11.8. The number of methoxy groups -OCH3 is 1. The van der Waals surface area contributed by atoms with Gasteiger partial charge in [0.05, 0.1) is 17.7 Å². The van der Waals surface area contributed by atoms with E-state index >= 15 is 0 Å². The van der Waals surface area contributed by atoms with E-state index in [1.54, 1.807) is 49.1 Å². The summed E-state index contributed by atoms with van der Waals surface area (Å²) in [5.41, 5.74) is 1.02. The lowest BCUT2D eigenvalue weighted by atomic mass is 10.0. The minimum Gasteiger partial charge on any atom is -0.491 e. The van der Waals surface area contributed by atoms with Gasteiger partial charge in [-0.2, -0.15) is 0 Å². The molecule has 0 saturated heterocycles. The highest BCUT2D eigenvalue weighted by Crippen LogP contribution is 2.29. The number of nitrogens with zero attached hydrogens (tertiary/aromatic N) is 2. The lowest BCUT2D eigenvalue weighted by molar-refractivity contribution is -0.133. The Morgan fingerprint density at radius 1 is 1.15 bits per heavy atom. The third kappa shape index (κ3) is 6.05. The molecule has 1 aromatic carbocycles. The number of ether oxygens (including phenoxy) is 2. The molecule has 0 radical (unpaired) electrons. The van der Waals surface area contributed by atoms with Crippen LogP contribution in [0.2, 0.25) is 0 Å². The number of rotatable bonds is 3. The summed E-state index contributed by atoms with van der Waals surface area (Å²) in [5, 5.41) is 2.98. The monoisotopic (exact) mass is 459 g/mol. The first kappa shape index (κ1) is 25.0. The van der Waals surface area contributed by atoms with Crippen LogP contribution in [0.3, 0.4) is 0 Å². The molecule has 2 aliphatic rings. The number of fused-ring (bicyclic) bond motifs is 1. The molecule has 0 bridgehead atoms. The van der Waals surface area contributed by atoms with Crippen molar-refractivity contribution >= 4 is 23.4 Å². The van der Waals surface area contributed by atoms with E-state index in [9.17, 15) is 14.4 Å². The number of hydrogen-bond acceptors (Lipinski definition) is 5. The molecule has 33 heavy (non-hydrogen) atoms. The van der Waals surface area contributed by atoms with Gasteiger partial charge in [-0.3, -0.25) is 14.4 Å². The third-order valence-electron chi connectivity index (χ3n) is 6.84. The fourth-order valence-electron chi connectivity index (χ4n) is 4.72. The second-order valence-electron chi connectivity index (χ2n) is 9.45. The Hall–Kier alpha value is -2.61. The molecule has 0 unspecified atom stereocenters. The topological polar surface area (TPSA) is 88.2 Å². The maximum Gasteiger partial charge on any atom is 0.257 e. The number of hydrogen-bond donors (Lipinski definition) is 1. The minimum atomic E-state index is -0.221. The summed E-state index contributed by atoms with van der Waals surface area (Å²) in [6.45, 7) is 6.63. The maximum atomic E-state index is 13.3. The van der Waals surface area contributed by atoms with E-state index in [-0.39, 0.29) is 48.3 Å². The van der Waals surface area contributed by atoms with E-state index in [0.717, 1.165) is 25.7 Å². The van der Waals surface area contributed by atoms with E-state index in [1.165, 1.54) is 0 Å². The second-order valence-corrected chi connectivity index (χ2v) is 9.45. The number of nitrogens with one attached hydrogen (secondary N) is 1. The molecule has 1 aliphatic carbocycles.